The molecule has 0 bridgehead atoms. The van der Waals surface area contributed by atoms with Crippen LogP contribution in [0.2, 0.25) is 0 Å². The number of piperazine rings is 3. The largest absolute Gasteiger partial charge is 0.469 e. The average molecular weight is 775 g/mol. The van der Waals surface area contributed by atoms with E-state index in [1.165, 1.54) is 21.3 Å². The summed E-state index contributed by atoms with van der Waals surface area (Å²) in [6, 6.07) is 0. The maximum Gasteiger partial charge on any atom is 0.319 e. The van der Waals surface area contributed by atoms with Crippen molar-refractivity contribution in [1.29, 1.82) is 0 Å². The first-order valence-electron chi connectivity index (χ1n) is 19.3. The van der Waals surface area contributed by atoms with Crippen molar-refractivity contribution in [3.05, 3.63) is 20.4 Å². The Labute approximate surface area is 324 Å². The van der Waals surface area contributed by atoms with E-state index in [1.54, 1.807) is 7.05 Å². The second kappa shape index (κ2) is 34.3. The van der Waals surface area contributed by atoms with Crippen LogP contribution in [-0.2, 0) is 28.6 Å². The number of ether oxygens (including phenoxy) is 3. The van der Waals surface area contributed by atoms with E-state index < -0.39 is 10.9 Å². The van der Waals surface area contributed by atoms with E-state index in [9.17, 15) is 24.0 Å². The first-order chi connectivity index (χ1) is 26.0. The van der Waals surface area contributed by atoms with Crippen molar-refractivity contribution in [3.8, 4) is 0 Å². The van der Waals surface area contributed by atoms with Crippen molar-refractivity contribution in [3.63, 3.8) is 0 Å². The first kappa shape index (κ1) is 52.9. The highest BCUT2D eigenvalue weighted by molar-refractivity contribution is 5.75. The molecule has 316 valence electrons. The number of carbonyl (C=O) groups is 3. The number of hydrogen-bond acceptors (Lipinski definition) is 17. The molecule has 3 saturated heterocycles. The van der Waals surface area contributed by atoms with Crippen LogP contribution in [0.1, 0.15) is 47.0 Å². The van der Waals surface area contributed by atoms with E-state index in [4.69, 9.17) is 5.11 Å². The van der Waals surface area contributed by atoms with Crippen LogP contribution in [0.4, 0.5) is 11.4 Å². The summed E-state index contributed by atoms with van der Waals surface area (Å²) in [7, 11) is 9.96. The van der Waals surface area contributed by atoms with E-state index in [-0.39, 0.29) is 42.2 Å². The minimum absolute atomic E-state index is 0.0980. The van der Waals surface area contributed by atoms with Crippen molar-refractivity contribution in [1.82, 2.24) is 29.8 Å². The molecule has 4 N–H and O–H groups in total. The summed E-state index contributed by atoms with van der Waals surface area (Å²) in [6.07, 6.45) is 1.61. The first-order valence-corrected chi connectivity index (χ1v) is 19.3. The zero-order chi connectivity index (χ0) is 41.3. The van der Waals surface area contributed by atoms with Crippen molar-refractivity contribution in [2.24, 2.45) is 0 Å². The number of aliphatic hydroxyl groups is 1. The van der Waals surface area contributed by atoms with Gasteiger partial charge in [-0.3, -0.25) is 33.8 Å². The van der Waals surface area contributed by atoms with E-state index in [0.29, 0.717) is 19.6 Å². The summed E-state index contributed by atoms with van der Waals surface area (Å²) in [4.78, 5) is 65.9. The van der Waals surface area contributed by atoms with Crippen LogP contribution in [0.15, 0.2) is 9.59 Å². The van der Waals surface area contributed by atoms with Gasteiger partial charge in [0.1, 0.15) is 11.4 Å². The minimum atomic E-state index is -0.552. The Morgan fingerprint density at radius 2 is 1.09 bits per heavy atom. The Kier molecular flexibility index (Phi) is 33.6. The van der Waals surface area contributed by atoms with Gasteiger partial charge in [0.15, 0.2) is 0 Å². The van der Waals surface area contributed by atoms with E-state index in [1.807, 2.05) is 27.7 Å². The fourth-order valence-corrected chi connectivity index (χ4v) is 5.14. The summed E-state index contributed by atoms with van der Waals surface area (Å²) in [5.41, 5.74) is -0.571. The molecule has 17 heteroatoms. The fraction of sp³-hybridized carbons (Fsp3) is 0.811. The summed E-state index contributed by atoms with van der Waals surface area (Å²) in [6.45, 7) is 23.7. The highest BCUT2D eigenvalue weighted by Crippen LogP contribution is 2.12. The van der Waals surface area contributed by atoms with E-state index in [0.717, 1.165) is 98.0 Å². The van der Waals surface area contributed by atoms with Crippen LogP contribution in [-0.4, -0.2) is 201 Å². The van der Waals surface area contributed by atoms with Gasteiger partial charge in [-0.1, -0.05) is 27.7 Å². The smallest absolute Gasteiger partial charge is 0.319 e. The van der Waals surface area contributed by atoms with Gasteiger partial charge in [0, 0.05) is 105 Å². The fourth-order valence-electron chi connectivity index (χ4n) is 5.14. The number of nitrogens with zero attached hydrogens (tertiary/aromatic N) is 5. The average Bonchev–Trinajstić information content (AvgIpc) is 3.21. The van der Waals surface area contributed by atoms with Gasteiger partial charge in [-0.2, -0.15) is 0 Å². The van der Waals surface area contributed by atoms with Gasteiger partial charge < -0.3 is 50.0 Å². The number of methoxy groups -OCH3 is 3. The van der Waals surface area contributed by atoms with Gasteiger partial charge in [-0.15, -0.1) is 0 Å². The lowest BCUT2D eigenvalue weighted by atomic mass is 10.2. The molecule has 0 aliphatic carbocycles. The Hall–Kier alpha value is -3.19. The van der Waals surface area contributed by atoms with Crippen molar-refractivity contribution in [2.45, 2.75) is 47.0 Å². The predicted octanol–water partition coefficient (Wildman–Crippen LogP) is -0.171. The number of carbonyl (C=O) groups excluding carboxylic acids is 3. The molecule has 3 aliphatic rings. The molecule has 0 radical (unpaired) electrons. The molecule has 0 unspecified atom stereocenters. The lowest BCUT2D eigenvalue weighted by molar-refractivity contribution is -0.142. The number of nitrogens with one attached hydrogen (secondary N) is 3. The number of likely N-dealkylation sites (N-methyl/N-ethyl adjacent to an activating group) is 2. The van der Waals surface area contributed by atoms with Crippen molar-refractivity contribution >= 4 is 29.3 Å². The van der Waals surface area contributed by atoms with Gasteiger partial charge in [0.05, 0.1) is 40.9 Å². The number of β-amino-alcohol motifs (C(OH)–C–C–N with tert-alkyl or cyclic N) is 1. The number of aliphatic hydroxyl groups excluding tert-OH is 1. The molecular weight excluding hydrogens is 700 g/mol. The second-order valence-electron chi connectivity index (χ2n) is 12.2. The standard InChI is InChI=1S/C10H20N2O2.C9H12N2O4.C8H16N2O2.C6H14N2O.2C2H6/c1-11-6-8-12(9-7-11)5-3-4-10(13)14-2;1-10-6-7(9(14)8(6)13)11-4-3-5(12)15-2;1-9-3-5-10(6-4-9)7-8(11)12-2;9-6-5-8-3-1-7-2-4-8;2*1-2/h3-9H2,1-2H3;10-11H,3-4H2,1-2H3;3-7H2,1-2H3;7,9H,1-6H2;2*1-2H3. The van der Waals surface area contributed by atoms with Gasteiger partial charge in [0.25, 0.3) is 10.9 Å². The predicted molar refractivity (Wildman–Crippen MR) is 216 cm³/mol. The van der Waals surface area contributed by atoms with Crippen LogP contribution in [0.5, 0.6) is 0 Å². The third-order valence-electron chi connectivity index (χ3n) is 8.50. The molecule has 0 saturated carbocycles. The van der Waals surface area contributed by atoms with Gasteiger partial charge in [0.2, 0.25) is 0 Å². The van der Waals surface area contributed by atoms with Crippen LogP contribution in [0.3, 0.4) is 0 Å². The molecule has 4 rings (SSSR count). The summed E-state index contributed by atoms with van der Waals surface area (Å²) in [5, 5.41) is 17.1. The zero-order valence-electron chi connectivity index (χ0n) is 35.1. The molecule has 0 aromatic heterocycles. The van der Waals surface area contributed by atoms with Crippen molar-refractivity contribution < 1.29 is 33.7 Å². The number of esters is 3. The zero-order valence-corrected chi connectivity index (χ0v) is 35.1. The number of rotatable bonds is 13. The highest BCUT2D eigenvalue weighted by Gasteiger charge is 2.19. The second-order valence-corrected chi connectivity index (χ2v) is 12.2. The van der Waals surface area contributed by atoms with Crippen LogP contribution in [0.25, 0.3) is 0 Å². The molecule has 0 atom stereocenters. The monoisotopic (exact) mass is 775 g/mol. The molecule has 54 heavy (non-hydrogen) atoms. The topological polar surface area (TPSA) is 186 Å². The summed E-state index contributed by atoms with van der Waals surface area (Å²) < 4.78 is 13.6. The summed E-state index contributed by atoms with van der Waals surface area (Å²) >= 11 is 0. The quantitative estimate of drug-likeness (QED) is 0.118. The third-order valence-corrected chi connectivity index (χ3v) is 8.50. The lowest BCUT2D eigenvalue weighted by Crippen LogP contribution is -2.46. The Bertz CT molecular complexity index is 1160. The van der Waals surface area contributed by atoms with Gasteiger partial charge >= 0.3 is 17.9 Å². The molecule has 0 spiro atoms. The summed E-state index contributed by atoms with van der Waals surface area (Å²) in [5.74, 6) is -0.606. The molecule has 0 amide bonds. The SMILES string of the molecule is CC.CC.CNc1c(NCCC(=O)OC)c(=O)c1=O.COC(=O)CCCN1CCN(C)CC1.COC(=O)CN1CCN(C)CC1.OCCN1CCNCC1. The molecular formula is C37H74N8O9. The Balaban J connectivity index is 0. The third kappa shape index (κ3) is 24.3. The number of hydrogen-bond donors (Lipinski definition) is 4. The van der Waals surface area contributed by atoms with Crippen LogP contribution >= 0.6 is 0 Å². The molecule has 1 aromatic carbocycles. The molecule has 3 fully saturated rings. The maximum atomic E-state index is 11.1. The van der Waals surface area contributed by atoms with Crippen LogP contribution in [0, 0.1) is 0 Å². The maximum absolute atomic E-state index is 11.1. The highest BCUT2D eigenvalue weighted by atomic mass is 16.5. The molecule has 3 aliphatic heterocycles. The van der Waals surface area contributed by atoms with E-state index in [2.05, 4.69) is 68.8 Å². The molecule has 3 heterocycles. The van der Waals surface area contributed by atoms with Crippen LogP contribution < -0.4 is 26.8 Å². The number of anilines is 2. The molecule has 1 aromatic rings. The Morgan fingerprint density at radius 1 is 0.648 bits per heavy atom. The molecule has 17 nitrogen and oxygen atoms in total. The minimum Gasteiger partial charge on any atom is -0.469 e. The Morgan fingerprint density at radius 3 is 1.56 bits per heavy atom. The van der Waals surface area contributed by atoms with Gasteiger partial charge in [-0.25, -0.2) is 0 Å². The normalized spacial score (nSPS) is 16.4. The van der Waals surface area contributed by atoms with E-state index >= 15 is 0 Å². The lowest BCUT2D eigenvalue weighted by Gasteiger charge is -2.32. The van der Waals surface area contributed by atoms with Crippen molar-refractivity contribution in [2.75, 3.05) is 164 Å². The van der Waals surface area contributed by atoms with Gasteiger partial charge in [-0.05, 0) is 27.1 Å².